The smallest absolute Gasteiger partial charge is 0.0484 e. The van der Waals surface area contributed by atoms with Crippen LogP contribution in [-0.4, -0.2) is 11.7 Å². The summed E-state index contributed by atoms with van der Waals surface area (Å²) in [7, 11) is 0. The van der Waals surface area contributed by atoms with Crippen LogP contribution in [0.4, 0.5) is 0 Å². The van der Waals surface area contributed by atoms with Gasteiger partial charge in [-0.25, -0.2) is 0 Å². The largest absolute Gasteiger partial charge is 0.396 e. The Morgan fingerprint density at radius 3 is 2.33 bits per heavy atom. The van der Waals surface area contributed by atoms with Gasteiger partial charge in [0.2, 0.25) is 0 Å². The molecule has 1 heteroatoms. The molecule has 1 N–H and O–H groups in total. The second-order valence-electron chi connectivity index (χ2n) is 5.28. The lowest BCUT2D eigenvalue weighted by Gasteiger charge is -2.44. The minimum atomic E-state index is 0.272. The van der Waals surface area contributed by atoms with Crippen molar-refractivity contribution in [2.45, 2.75) is 45.4 Å². The number of aliphatic hydroxyl groups is 1. The van der Waals surface area contributed by atoms with Crippen molar-refractivity contribution in [1.82, 2.24) is 0 Å². The Labute approximate surface area is 75.2 Å². The van der Waals surface area contributed by atoms with Crippen molar-refractivity contribution in [1.29, 1.82) is 0 Å². The first-order chi connectivity index (χ1) is 5.72. The first kappa shape index (κ1) is 8.55. The molecule has 0 saturated heterocycles. The van der Waals surface area contributed by atoms with E-state index in [1.54, 1.807) is 0 Å². The summed E-state index contributed by atoms with van der Waals surface area (Å²) in [6.45, 7) is 2.66. The predicted molar refractivity (Wildman–Crippen MR) is 49.9 cm³/mol. The van der Waals surface area contributed by atoms with E-state index in [2.05, 4.69) is 6.92 Å². The summed E-state index contributed by atoms with van der Waals surface area (Å²) < 4.78 is 0. The summed E-state index contributed by atoms with van der Waals surface area (Å²) in [4.78, 5) is 0. The summed E-state index contributed by atoms with van der Waals surface area (Å²) in [6.07, 6.45) is 8.30. The van der Waals surface area contributed by atoms with Crippen LogP contribution in [-0.2, 0) is 0 Å². The van der Waals surface area contributed by atoms with Gasteiger partial charge in [0.05, 0.1) is 0 Å². The van der Waals surface area contributed by atoms with Crippen LogP contribution in [0.2, 0.25) is 0 Å². The Balaban J connectivity index is 2.05. The zero-order chi connectivity index (χ0) is 8.60. The van der Waals surface area contributed by atoms with Crippen molar-refractivity contribution in [3.8, 4) is 0 Å². The SMILES string of the molecule is CC1(CO)CC2CCC[C@@H](C2)C1. The molecule has 0 aliphatic heterocycles. The van der Waals surface area contributed by atoms with Gasteiger partial charge in [-0.15, -0.1) is 0 Å². The highest BCUT2D eigenvalue weighted by Gasteiger charge is 2.38. The molecular weight excluding hydrogens is 148 g/mol. The summed E-state index contributed by atoms with van der Waals surface area (Å²) in [5, 5.41) is 9.31. The maximum atomic E-state index is 9.31. The van der Waals surface area contributed by atoms with Crippen LogP contribution in [0.25, 0.3) is 0 Å². The summed E-state index contributed by atoms with van der Waals surface area (Å²) in [5.41, 5.74) is 0.272. The number of fused-ring (bicyclic) bond motifs is 2. The van der Waals surface area contributed by atoms with Crippen molar-refractivity contribution in [2.24, 2.45) is 17.3 Å². The topological polar surface area (TPSA) is 20.2 Å². The van der Waals surface area contributed by atoms with E-state index >= 15 is 0 Å². The van der Waals surface area contributed by atoms with Crippen molar-refractivity contribution in [3.05, 3.63) is 0 Å². The van der Waals surface area contributed by atoms with E-state index in [0.717, 1.165) is 11.8 Å². The van der Waals surface area contributed by atoms with Crippen LogP contribution in [0.3, 0.4) is 0 Å². The molecule has 2 aliphatic rings. The fourth-order valence-electron chi connectivity index (χ4n) is 3.38. The Kier molecular flexibility index (Phi) is 2.16. The van der Waals surface area contributed by atoms with Crippen molar-refractivity contribution >= 4 is 0 Å². The molecule has 1 nitrogen and oxygen atoms in total. The first-order valence-corrected chi connectivity index (χ1v) is 5.33. The van der Waals surface area contributed by atoms with Gasteiger partial charge in [-0.2, -0.15) is 0 Å². The molecule has 2 aliphatic carbocycles. The quantitative estimate of drug-likeness (QED) is 0.638. The van der Waals surface area contributed by atoms with Gasteiger partial charge >= 0.3 is 0 Å². The molecule has 2 rings (SSSR count). The molecule has 2 bridgehead atoms. The molecule has 0 aromatic carbocycles. The molecule has 0 spiro atoms. The summed E-state index contributed by atoms with van der Waals surface area (Å²) >= 11 is 0. The monoisotopic (exact) mass is 168 g/mol. The fourth-order valence-corrected chi connectivity index (χ4v) is 3.38. The van der Waals surface area contributed by atoms with E-state index in [1.807, 2.05) is 0 Å². The number of hydrogen-bond acceptors (Lipinski definition) is 1. The number of hydrogen-bond donors (Lipinski definition) is 1. The van der Waals surface area contributed by atoms with Gasteiger partial charge in [0.1, 0.15) is 0 Å². The third kappa shape index (κ3) is 1.52. The highest BCUT2D eigenvalue weighted by atomic mass is 16.3. The average Bonchev–Trinajstić information content (AvgIpc) is 2.03. The normalized spacial score (nSPS) is 47.5. The molecule has 3 atom stereocenters. The van der Waals surface area contributed by atoms with Gasteiger partial charge in [0, 0.05) is 6.61 Å². The van der Waals surface area contributed by atoms with Gasteiger partial charge in [-0.3, -0.25) is 0 Å². The highest BCUT2D eigenvalue weighted by molar-refractivity contribution is 4.89. The lowest BCUT2D eigenvalue weighted by molar-refractivity contribution is 0.0213. The molecular formula is C11H20O. The Morgan fingerprint density at radius 1 is 1.25 bits per heavy atom. The maximum absolute atomic E-state index is 9.31. The molecule has 0 radical (unpaired) electrons. The molecule has 0 aromatic heterocycles. The molecule has 0 amide bonds. The highest BCUT2D eigenvalue weighted by Crippen LogP contribution is 2.48. The Hall–Kier alpha value is -0.0400. The lowest BCUT2D eigenvalue weighted by atomic mass is 9.62. The predicted octanol–water partition coefficient (Wildman–Crippen LogP) is 2.59. The zero-order valence-corrected chi connectivity index (χ0v) is 8.05. The standard InChI is InChI=1S/C11H20O/c1-11(8-12)6-9-3-2-4-10(5-9)7-11/h9-10,12H,2-8H2,1H3/t9-,10?,11?/m0/s1. The third-order valence-electron chi connectivity index (χ3n) is 3.84. The Bertz CT molecular complexity index is 152. The van der Waals surface area contributed by atoms with Gasteiger partial charge in [-0.05, 0) is 36.5 Å². The van der Waals surface area contributed by atoms with Crippen molar-refractivity contribution in [3.63, 3.8) is 0 Å². The lowest BCUT2D eigenvalue weighted by Crippen LogP contribution is -2.36. The van der Waals surface area contributed by atoms with Gasteiger partial charge in [0.25, 0.3) is 0 Å². The zero-order valence-electron chi connectivity index (χ0n) is 8.05. The Morgan fingerprint density at radius 2 is 1.83 bits per heavy atom. The molecule has 2 saturated carbocycles. The van der Waals surface area contributed by atoms with Gasteiger partial charge < -0.3 is 5.11 Å². The van der Waals surface area contributed by atoms with E-state index in [0.29, 0.717) is 6.61 Å². The molecule has 70 valence electrons. The van der Waals surface area contributed by atoms with Crippen LogP contribution >= 0.6 is 0 Å². The van der Waals surface area contributed by atoms with Crippen molar-refractivity contribution < 1.29 is 5.11 Å². The number of aliphatic hydroxyl groups excluding tert-OH is 1. The first-order valence-electron chi connectivity index (χ1n) is 5.33. The maximum Gasteiger partial charge on any atom is 0.0484 e. The molecule has 2 fully saturated rings. The van der Waals surface area contributed by atoms with E-state index in [4.69, 9.17) is 0 Å². The van der Waals surface area contributed by atoms with E-state index < -0.39 is 0 Å². The van der Waals surface area contributed by atoms with Gasteiger partial charge in [-0.1, -0.05) is 26.2 Å². The van der Waals surface area contributed by atoms with Crippen molar-refractivity contribution in [2.75, 3.05) is 6.61 Å². The fraction of sp³-hybridized carbons (Fsp3) is 1.00. The van der Waals surface area contributed by atoms with Crippen LogP contribution in [0, 0.1) is 17.3 Å². The van der Waals surface area contributed by atoms with Crippen LogP contribution < -0.4 is 0 Å². The van der Waals surface area contributed by atoms with E-state index in [1.165, 1.54) is 38.5 Å². The molecule has 2 unspecified atom stereocenters. The third-order valence-corrected chi connectivity index (χ3v) is 3.84. The van der Waals surface area contributed by atoms with E-state index in [-0.39, 0.29) is 5.41 Å². The second-order valence-corrected chi connectivity index (χ2v) is 5.28. The van der Waals surface area contributed by atoms with Crippen LogP contribution in [0.15, 0.2) is 0 Å². The second kappa shape index (κ2) is 3.02. The van der Waals surface area contributed by atoms with Gasteiger partial charge in [0.15, 0.2) is 0 Å². The minimum absolute atomic E-state index is 0.272. The molecule has 12 heavy (non-hydrogen) atoms. The summed E-state index contributed by atoms with van der Waals surface area (Å²) in [6, 6.07) is 0. The average molecular weight is 168 g/mol. The van der Waals surface area contributed by atoms with Crippen LogP contribution in [0.5, 0.6) is 0 Å². The molecule has 0 heterocycles. The molecule has 0 aromatic rings. The number of rotatable bonds is 1. The summed E-state index contributed by atoms with van der Waals surface area (Å²) in [5.74, 6) is 1.88. The van der Waals surface area contributed by atoms with E-state index in [9.17, 15) is 5.11 Å². The van der Waals surface area contributed by atoms with Crippen LogP contribution in [0.1, 0.15) is 45.4 Å². The minimum Gasteiger partial charge on any atom is -0.396 e.